The van der Waals surface area contributed by atoms with Gasteiger partial charge in [0, 0.05) is 21.5 Å². The van der Waals surface area contributed by atoms with Crippen LogP contribution in [-0.2, 0) is 4.74 Å². The average molecular weight is 457 g/mol. The van der Waals surface area contributed by atoms with E-state index in [4.69, 9.17) is 16.3 Å². The number of carbonyl (C=O) groups is 1. The third kappa shape index (κ3) is 4.52. The van der Waals surface area contributed by atoms with Gasteiger partial charge >= 0.3 is 6.09 Å². The minimum Gasteiger partial charge on any atom is -0.447 e. The fourth-order valence-corrected chi connectivity index (χ4v) is 4.03. The number of rotatable bonds is 6. The lowest BCUT2D eigenvalue weighted by Gasteiger charge is -2.22. The highest BCUT2D eigenvalue weighted by molar-refractivity contribution is 6.31. The number of hydrogen-bond acceptors (Lipinski definition) is 7. The number of ether oxygens (including phenoxy) is 1. The van der Waals surface area contributed by atoms with Gasteiger partial charge in [0.25, 0.3) is 5.56 Å². The molecule has 2 atom stereocenters. The molecule has 0 bridgehead atoms. The van der Waals surface area contributed by atoms with E-state index in [2.05, 4.69) is 39.1 Å². The first-order valence-electron chi connectivity index (χ1n) is 10.5. The molecule has 0 radical (unpaired) electrons. The molecule has 0 spiro atoms. The van der Waals surface area contributed by atoms with Crippen LogP contribution in [-0.4, -0.2) is 38.7 Å². The number of cyclic esters (lactones) is 1. The quantitative estimate of drug-likeness (QED) is 0.570. The number of nitrogens with zero attached hydrogens (tertiary/aromatic N) is 4. The molecule has 0 saturated carbocycles. The molecule has 3 heterocycles. The van der Waals surface area contributed by atoms with Crippen molar-refractivity contribution in [1.82, 2.24) is 19.9 Å². The number of halogens is 1. The molecule has 4 rings (SSSR count). The van der Waals surface area contributed by atoms with Crippen molar-refractivity contribution in [2.45, 2.75) is 46.2 Å². The Morgan fingerprint density at radius 1 is 1.22 bits per heavy atom. The van der Waals surface area contributed by atoms with Gasteiger partial charge in [-0.3, -0.25) is 4.79 Å². The Balaban J connectivity index is 1.63. The van der Waals surface area contributed by atoms with Crippen LogP contribution in [0.3, 0.4) is 0 Å². The summed E-state index contributed by atoms with van der Waals surface area (Å²) in [5, 5.41) is 4.57. The van der Waals surface area contributed by atoms with Gasteiger partial charge in [0.05, 0.1) is 12.1 Å². The first kappa shape index (κ1) is 22.0. The van der Waals surface area contributed by atoms with E-state index in [0.717, 1.165) is 11.8 Å². The van der Waals surface area contributed by atoms with Gasteiger partial charge in [0.1, 0.15) is 12.4 Å². The Morgan fingerprint density at radius 2 is 2.00 bits per heavy atom. The molecule has 1 saturated heterocycles. The molecule has 168 valence electrons. The third-order valence-electron chi connectivity index (χ3n) is 5.30. The summed E-state index contributed by atoms with van der Waals surface area (Å²) in [6.07, 6.45) is 0.299. The highest BCUT2D eigenvalue weighted by Crippen LogP contribution is 2.26. The van der Waals surface area contributed by atoms with Crippen LogP contribution in [0.5, 0.6) is 0 Å². The summed E-state index contributed by atoms with van der Waals surface area (Å²) in [6, 6.07) is 6.54. The topological polar surface area (TPSA) is 113 Å². The van der Waals surface area contributed by atoms with Crippen LogP contribution >= 0.6 is 11.6 Å². The van der Waals surface area contributed by atoms with Gasteiger partial charge in [-0.25, -0.2) is 9.69 Å². The highest BCUT2D eigenvalue weighted by Gasteiger charge is 2.37. The molecule has 0 aliphatic carbocycles. The summed E-state index contributed by atoms with van der Waals surface area (Å²) in [7, 11) is 0. The number of carbonyl (C=O) groups excluding carboxylic acids is 1. The summed E-state index contributed by atoms with van der Waals surface area (Å²) in [4.78, 5) is 42.5. The van der Waals surface area contributed by atoms with Crippen molar-refractivity contribution in [1.29, 1.82) is 0 Å². The first-order valence-corrected chi connectivity index (χ1v) is 10.9. The minimum absolute atomic E-state index is 0.136. The fraction of sp³-hybridized carbons (Fsp3) is 0.409. The molecular weight excluding hydrogens is 432 g/mol. The molecule has 1 aliphatic heterocycles. The second-order valence-corrected chi connectivity index (χ2v) is 8.82. The number of nitrogens with one attached hydrogen (secondary N) is 2. The van der Waals surface area contributed by atoms with E-state index >= 15 is 0 Å². The lowest BCUT2D eigenvalue weighted by molar-refractivity contribution is 0.178. The molecule has 1 aromatic carbocycles. The zero-order valence-corrected chi connectivity index (χ0v) is 19.1. The number of anilines is 2. The molecule has 2 aromatic heterocycles. The second kappa shape index (κ2) is 8.74. The Hall–Kier alpha value is -3.20. The van der Waals surface area contributed by atoms with Crippen molar-refractivity contribution in [3.63, 3.8) is 0 Å². The molecule has 3 aromatic rings. The molecule has 32 heavy (non-hydrogen) atoms. The monoisotopic (exact) mass is 456 g/mol. The molecule has 0 unspecified atom stereocenters. The van der Waals surface area contributed by atoms with Crippen LogP contribution in [0.25, 0.3) is 10.9 Å². The number of amides is 1. The van der Waals surface area contributed by atoms with Crippen LogP contribution in [0, 0.1) is 12.8 Å². The molecular formula is C22H25ClN6O3. The molecule has 2 N–H and O–H groups in total. The minimum atomic E-state index is -0.469. The normalized spacial score (nSPS) is 17.1. The SMILES string of the molecule is Cc1nc(N[C@@H](C)c2cc3cc(Cl)ccc3[nH]c2=O)nc(N2C(=O)OC[C@@H]2CC(C)C)n1. The summed E-state index contributed by atoms with van der Waals surface area (Å²) in [6.45, 7) is 8.04. The fourth-order valence-electron chi connectivity index (χ4n) is 3.85. The third-order valence-corrected chi connectivity index (χ3v) is 5.54. The van der Waals surface area contributed by atoms with Gasteiger partial charge in [0.2, 0.25) is 11.9 Å². The first-order chi connectivity index (χ1) is 15.2. The zero-order chi connectivity index (χ0) is 23.0. The maximum atomic E-state index is 12.6. The molecule has 9 nitrogen and oxygen atoms in total. The smallest absolute Gasteiger partial charge is 0.417 e. The summed E-state index contributed by atoms with van der Waals surface area (Å²) < 4.78 is 5.24. The highest BCUT2D eigenvalue weighted by atomic mass is 35.5. The average Bonchev–Trinajstić information content (AvgIpc) is 3.06. The van der Waals surface area contributed by atoms with Crippen molar-refractivity contribution in [3.8, 4) is 0 Å². The molecule has 10 heteroatoms. The number of hydrogen-bond donors (Lipinski definition) is 2. The standard InChI is InChI=1S/C22H25ClN6O3/c1-11(2)7-16-10-32-22(31)29(16)21-26-13(4)25-20(28-21)24-12(3)17-9-14-8-15(23)5-6-18(14)27-19(17)30/h5-6,8-9,11-12,16H,7,10H2,1-4H3,(H,27,30)(H,24,25,26,28)/t12-,16-/m0/s1. The number of aryl methyl sites for hydroxylation is 1. The van der Waals surface area contributed by atoms with Crippen molar-refractivity contribution in [2.24, 2.45) is 5.92 Å². The van der Waals surface area contributed by atoms with E-state index in [1.807, 2.05) is 6.92 Å². The largest absolute Gasteiger partial charge is 0.447 e. The number of fused-ring (bicyclic) bond motifs is 1. The maximum absolute atomic E-state index is 12.6. The van der Waals surface area contributed by atoms with Crippen LogP contribution in [0.1, 0.15) is 44.6 Å². The van der Waals surface area contributed by atoms with Gasteiger partial charge in [-0.2, -0.15) is 15.0 Å². The zero-order valence-electron chi connectivity index (χ0n) is 18.3. The summed E-state index contributed by atoms with van der Waals surface area (Å²) >= 11 is 6.10. The Bertz CT molecular complexity index is 1230. The summed E-state index contributed by atoms with van der Waals surface area (Å²) in [5.74, 6) is 1.34. The lowest BCUT2D eigenvalue weighted by atomic mass is 10.0. The van der Waals surface area contributed by atoms with Gasteiger partial charge in [0.15, 0.2) is 0 Å². The summed E-state index contributed by atoms with van der Waals surface area (Å²) in [5.41, 5.74) is 1.00. The Labute approximate surface area is 190 Å². The number of aromatic nitrogens is 4. The van der Waals surface area contributed by atoms with E-state index in [1.54, 1.807) is 31.2 Å². The van der Waals surface area contributed by atoms with Crippen LogP contribution in [0.2, 0.25) is 5.02 Å². The number of benzene rings is 1. The Morgan fingerprint density at radius 3 is 2.75 bits per heavy atom. The van der Waals surface area contributed by atoms with E-state index in [-0.39, 0.29) is 23.5 Å². The lowest BCUT2D eigenvalue weighted by Crippen LogP contribution is -2.36. The molecule has 1 aliphatic rings. The number of pyridine rings is 1. The van der Waals surface area contributed by atoms with E-state index in [9.17, 15) is 9.59 Å². The predicted octanol–water partition coefficient (Wildman–Crippen LogP) is 4.22. The van der Waals surface area contributed by atoms with E-state index in [1.165, 1.54) is 4.90 Å². The molecule has 1 amide bonds. The van der Waals surface area contributed by atoms with Gasteiger partial charge in [-0.15, -0.1) is 0 Å². The van der Waals surface area contributed by atoms with Gasteiger partial charge in [-0.05, 0) is 50.5 Å². The Kier molecular flexibility index (Phi) is 6.01. The van der Waals surface area contributed by atoms with Crippen molar-refractivity contribution < 1.29 is 9.53 Å². The van der Waals surface area contributed by atoms with Crippen molar-refractivity contribution in [2.75, 3.05) is 16.8 Å². The number of H-pyrrole nitrogens is 1. The molecule has 1 fully saturated rings. The van der Waals surface area contributed by atoms with Crippen molar-refractivity contribution >= 4 is 40.5 Å². The maximum Gasteiger partial charge on any atom is 0.417 e. The second-order valence-electron chi connectivity index (χ2n) is 8.39. The van der Waals surface area contributed by atoms with Gasteiger partial charge in [-0.1, -0.05) is 25.4 Å². The van der Waals surface area contributed by atoms with Crippen LogP contribution in [0.4, 0.5) is 16.7 Å². The van der Waals surface area contributed by atoms with Gasteiger partial charge < -0.3 is 15.0 Å². The van der Waals surface area contributed by atoms with E-state index in [0.29, 0.717) is 34.5 Å². The van der Waals surface area contributed by atoms with E-state index < -0.39 is 12.1 Å². The predicted molar refractivity (Wildman–Crippen MR) is 123 cm³/mol. The van der Waals surface area contributed by atoms with Crippen LogP contribution < -0.4 is 15.8 Å². The van der Waals surface area contributed by atoms with Crippen molar-refractivity contribution in [3.05, 3.63) is 51.0 Å². The van der Waals surface area contributed by atoms with Crippen LogP contribution in [0.15, 0.2) is 29.1 Å². The number of aromatic amines is 1.